The third-order valence-electron chi connectivity index (χ3n) is 6.26. The number of hydrogen-bond donors (Lipinski definition) is 2. The molecule has 0 saturated heterocycles. The summed E-state index contributed by atoms with van der Waals surface area (Å²) in [4.78, 5) is 54.2. The van der Waals surface area contributed by atoms with Gasteiger partial charge in [-0.25, -0.2) is 0 Å². The monoisotopic (exact) mass is 685 g/mol. The molecule has 10 nitrogen and oxygen atoms in total. The molecule has 0 fully saturated rings. The van der Waals surface area contributed by atoms with Crippen LogP contribution in [0.5, 0.6) is 0 Å². The van der Waals surface area contributed by atoms with Crippen molar-refractivity contribution in [2.24, 2.45) is 10.2 Å². The van der Waals surface area contributed by atoms with E-state index < -0.39 is 11.6 Å². The van der Waals surface area contributed by atoms with Crippen molar-refractivity contribution in [3.8, 4) is 0 Å². The van der Waals surface area contributed by atoms with Crippen LogP contribution in [0.1, 0.15) is 32.1 Å². The zero-order valence-electron chi connectivity index (χ0n) is 22.9. The fourth-order valence-corrected chi connectivity index (χ4v) is 4.35. The first kappa shape index (κ1) is 32.8. The van der Waals surface area contributed by atoms with E-state index >= 15 is 0 Å². The van der Waals surface area contributed by atoms with Gasteiger partial charge in [-0.05, 0) is 84.9 Å². The number of anilines is 2. The number of aldehydes is 2. The summed E-state index contributed by atoms with van der Waals surface area (Å²) < 4.78 is 0. The summed E-state index contributed by atoms with van der Waals surface area (Å²) in [6, 6.07) is 20.9. The number of nitrogens with one attached hydrogen (secondary N) is 2. The summed E-state index contributed by atoms with van der Waals surface area (Å²) in [6.07, 6.45) is 6.93. The average Bonchev–Trinajstić information content (AvgIpc) is 3.06. The van der Waals surface area contributed by atoms with Gasteiger partial charge in [-0.15, -0.1) is 0 Å². The number of Topliss-reactive ketones (excluding diaryl/α,β-unsaturated/α-hetero) is 2. The summed E-state index contributed by atoms with van der Waals surface area (Å²) in [7, 11) is 0. The molecule has 2 heterocycles. The van der Waals surface area contributed by atoms with E-state index in [0.29, 0.717) is 45.2 Å². The van der Waals surface area contributed by atoms with E-state index in [-0.39, 0.29) is 39.6 Å². The van der Waals surface area contributed by atoms with Gasteiger partial charge in [0.1, 0.15) is 11.4 Å². The molecule has 2 aliphatic rings. The Morgan fingerprint density at radius 3 is 1.33 bits per heavy atom. The summed E-state index contributed by atoms with van der Waals surface area (Å²) in [5.41, 5.74) is 9.84. The fraction of sp³-hybridized carbons (Fsp3) is 0. The number of carbonyl (C=O) groups excluding carboxylic acids is 4. The molecule has 2 aromatic carbocycles. The van der Waals surface area contributed by atoms with Crippen LogP contribution in [0.25, 0.3) is 0 Å². The summed E-state index contributed by atoms with van der Waals surface area (Å²) in [6.45, 7) is 0. The molecule has 0 amide bonds. The van der Waals surface area contributed by atoms with Crippen molar-refractivity contribution in [1.82, 2.24) is 9.97 Å². The topological polar surface area (TPSA) is 143 Å². The van der Waals surface area contributed by atoms with Crippen LogP contribution in [0.4, 0.5) is 11.4 Å². The molecule has 1 radical (unpaired) electrons. The largest absolute Gasteiger partial charge is 0.298 e. The summed E-state index contributed by atoms with van der Waals surface area (Å²) in [5.74, 6) is -0.785. The second-order valence-corrected chi connectivity index (χ2v) is 10.00. The predicted molar refractivity (Wildman–Crippen MR) is 169 cm³/mol. The van der Waals surface area contributed by atoms with E-state index in [1.165, 1.54) is 24.5 Å². The first-order valence-corrected chi connectivity index (χ1v) is 13.7. The standard InChI is InChI=1S/2C16H10ClN3O2.Cu/c2*17-11-3-5-12(6-4-11)19-20-14-8-10(9-21)16(22)15-13(14)2-1-7-18-15;/h2*1-9,19H;/b2*20-14-;. The van der Waals surface area contributed by atoms with Crippen molar-refractivity contribution >= 4 is 70.1 Å². The minimum Gasteiger partial charge on any atom is -0.298 e. The van der Waals surface area contributed by atoms with E-state index in [2.05, 4.69) is 31.0 Å². The van der Waals surface area contributed by atoms with Crippen LogP contribution in [-0.2, 0) is 26.7 Å². The third-order valence-corrected chi connectivity index (χ3v) is 6.76. The number of pyridine rings is 2. The molecule has 227 valence electrons. The third kappa shape index (κ3) is 7.72. The Bertz CT molecular complexity index is 1770. The number of fused-ring (bicyclic) bond motifs is 2. The molecule has 0 bridgehead atoms. The minimum atomic E-state index is -0.393. The quantitative estimate of drug-likeness (QED) is 0.113. The first-order chi connectivity index (χ1) is 21.4. The smallest absolute Gasteiger partial charge is 0.215 e. The van der Waals surface area contributed by atoms with Crippen molar-refractivity contribution in [2.75, 3.05) is 10.9 Å². The Hall–Kier alpha value is -5.06. The van der Waals surface area contributed by atoms with Crippen LogP contribution >= 0.6 is 23.2 Å². The molecule has 0 unspecified atom stereocenters. The molecule has 4 aromatic rings. The zero-order chi connectivity index (χ0) is 31.1. The van der Waals surface area contributed by atoms with Gasteiger partial charge in [-0.1, -0.05) is 23.2 Å². The van der Waals surface area contributed by atoms with E-state index in [4.69, 9.17) is 23.2 Å². The van der Waals surface area contributed by atoms with Crippen LogP contribution in [-0.4, -0.2) is 45.5 Å². The van der Waals surface area contributed by atoms with Gasteiger partial charge in [0.05, 0.1) is 33.9 Å². The molecule has 0 saturated carbocycles. The first-order valence-electron chi connectivity index (χ1n) is 12.9. The van der Waals surface area contributed by atoms with Crippen LogP contribution in [0.3, 0.4) is 0 Å². The van der Waals surface area contributed by atoms with Crippen molar-refractivity contribution < 1.29 is 36.2 Å². The number of carbonyl (C=O) groups is 4. The molecule has 2 N–H and O–H groups in total. The summed E-state index contributed by atoms with van der Waals surface area (Å²) in [5, 5.41) is 9.75. The van der Waals surface area contributed by atoms with Crippen LogP contribution in [0.2, 0.25) is 10.0 Å². The minimum absolute atomic E-state index is 0. The Morgan fingerprint density at radius 2 is 0.978 bits per heavy atom. The Labute approximate surface area is 277 Å². The maximum absolute atomic E-state index is 12.1. The summed E-state index contributed by atoms with van der Waals surface area (Å²) >= 11 is 11.6. The van der Waals surface area contributed by atoms with Gasteiger partial charge in [0.25, 0.3) is 0 Å². The van der Waals surface area contributed by atoms with Gasteiger partial charge in [-0.3, -0.25) is 40.0 Å². The van der Waals surface area contributed by atoms with Crippen molar-refractivity contribution in [1.29, 1.82) is 0 Å². The van der Waals surface area contributed by atoms with Crippen LogP contribution < -0.4 is 10.9 Å². The van der Waals surface area contributed by atoms with Gasteiger partial charge in [0.15, 0.2) is 12.6 Å². The molecule has 2 aliphatic carbocycles. The number of nitrogens with zero attached hydrogens (tertiary/aromatic N) is 4. The second-order valence-electron chi connectivity index (χ2n) is 9.12. The number of hydrazone groups is 2. The van der Waals surface area contributed by atoms with Crippen molar-refractivity contribution in [2.45, 2.75) is 0 Å². The van der Waals surface area contributed by atoms with Gasteiger partial charge < -0.3 is 0 Å². The van der Waals surface area contributed by atoms with Crippen molar-refractivity contribution in [3.05, 3.63) is 141 Å². The second kappa shape index (κ2) is 15.1. The number of allylic oxidation sites excluding steroid dienone is 4. The number of hydrogen-bond acceptors (Lipinski definition) is 10. The fourth-order valence-electron chi connectivity index (χ4n) is 4.10. The Balaban J connectivity index is 0.000000200. The van der Waals surface area contributed by atoms with E-state index in [1.54, 1.807) is 72.8 Å². The van der Waals surface area contributed by atoms with Gasteiger partial charge >= 0.3 is 0 Å². The maximum Gasteiger partial charge on any atom is 0.215 e. The number of rotatable bonds is 6. The van der Waals surface area contributed by atoms with E-state index in [0.717, 1.165) is 11.4 Å². The molecule has 0 aliphatic heterocycles. The van der Waals surface area contributed by atoms with Gasteiger partial charge in [-0.2, -0.15) is 10.2 Å². The van der Waals surface area contributed by atoms with E-state index in [1.807, 2.05) is 0 Å². The van der Waals surface area contributed by atoms with E-state index in [9.17, 15) is 19.2 Å². The average molecular weight is 687 g/mol. The van der Waals surface area contributed by atoms with Gasteiger partial charge in [0.2, 0.25) is 11.6 Å². The number of benzene rings is 2. The Kier molecular flexibility index (Phi) is 11.0. The molecule has 45 heavy (non-hydrogen) atoms. The number of aromatic nitrogens is 2. The predicted octanol–water partition coefficient (Wildman–Crippen LogP) is 5.74. The molecule has 2 aromatic heterocycles. The Morgan fingerprint density at radius 1 is 0.600 bits per heavy atom. The maximum atomic E-state index is 12.1. The molecule has 13 heteroatoms. The van der Waals surface area contributed by atoms with Crippen LogP contribution in [0.15, 0.2) is 119 Å². The zero-order valence-corrected chi connectivity index (χ0v) is 25.3. The SMILES string of the molecule is O=CC1=C/C(=N/Nc2ccc(Cl)cc2)c2cccnc2C1=O.O=CC1=C/C(=N/Nc2ccc(Cl)cc2)c2cccnc2C1=O.[Cu]. The molecule has 0 spiro atoms. The molecular weight excluding hydrogens is 667 g/mol. The molecular formula is C32H20Cl2CuN6O4. The normalized spacial score (nSPS) is 14.9. The molecule has 0 atom stereocenters. The number of ketones is 2. The molecule has 6 rings (SSSR count). The number of halogens is 2. The van der Waals surface area contributed by atoms with Crippen molar-refractivity contribution in [3.63, 3.8) is 0 Å². The van der Waals surface area contributed by atoms with Crippen LogP contribution in [0, 0.1) is 0 Å². The van der Waals surface area contributed by atoms with Gasteiger partial charge in [0, 0.05) is 50.6 Å².